The van der Waals surface area contributed by atoms with Gasteiger partial charge in [-0.25, -0.2) is 0 Å². The molecule has 0 amide bonds. The summed E-state index contributed by atoms with van der Waals surface area (Å²) in [6.07, 6.45) is 1.00. The van der Waals surface area contributed by atoms with Crippen molar-refractivity contribution in [2.24, 2.45) is 0 Å². The molecular weight excluding hydrogens is 191 g/mol. The first-order valence-corrected chi connectivity index (χ1v) is 4.69. The lowest BCUT2D eigenvalue weighted by Gasteiger charge is -2.10. The molecular formula is C10H11Cl2. The van der Waals surface area contributed by atoms with Crippen LogP contribution in [0.2, 0.25) is 10.0 Å². The summed E-state index contributed by atoms with van der Waals surface area (Å²) in [6.45, 7) is 4.17. The highest BCUT2D eigenvalue weighted by Gasteiger charge is 2.09. The van der Waals surface area contributed by atoms with Crippen LogP contribution in [-0.2, 0) is 0 Å². The van der Waals surface area contributed by atoms with E-state index < -0.39 is 0 Å². The van der Waals surface area contributed by atoms with E-state index in [1.165, 1.54) is 5.92 Å². The van der Waals surface area contributed by atoms with E-state index in [0.29, 0.717) is 10.0 Å². The van der Waals surface area contributed by atoms with Crippen molar-refractivity contribution in [3.05, 3.63) is 39.7 Å². The summed E-state index contributed by atoms with van der Waals surface area (Å²) < 4.78 is 0. The third-order valence-corrected chi connectivity index (χ3v) is 2.76. The Balaban J connectivity index is 3.07. The van der Waals surface area contributed by atoms with Gasteiger partial charge in [0.25, 0.3) is 0 Å². The van der Waals surface area contributed by atoms with Crippen LogP contribution >= 0.6 is 23.2 Å². The van der Waals surface area contributed by atoms with Crippen LogP contribution in [-0.4, -0.2) is 0 Å². The van der Waals surface area contributed by atoms with Crippen molar-refractivity contribution in [2.45, 2.75) is 20.3 Å². The molecule has 0 saturated carbocycles. The smallest absolute Gasteiger partial charge is 0.0630 e. The minimum absolute atomic E-state index is 0.627. The number of hydrogen-bond donors (Lipinski definition) is 0. The van der Waals surface area contributed by atoms with E-state index in [1.807, 2.05) is 12.1 Å². The molecule has 0 N–H and O–H groups in total. The summed E-state index contributed by atoms with van der Waals surface area (Å²) in [6, 6.07) is 5.71. The van der Waals surface area contributed by atoms with E-state index in [1.54, 1.807) is 6.07 Å². The maximum atomic E-state index is 6.01. The second kappa shape index (κ2) is 4.15. The largest absolute Gasteiger partial charge is 0.0827 e. The van der Waals surface area contributed by atoms with Crippen LogP contribution in [0.3, 0.4) is 0 Å². The standard InChI is InChI=1S/C10H11Cl2/c1-3-7(2)8-5-4-6-9(11)10(8)12/h4-6H,3H2,1-2H3. The molecule has 0 saturated heterocycles. The normalized spacial score (nSPS) is 10.8. The highest BCUT2D eigenvalue weighted by atomic mass is 35.5. The Labute approximate surface area is 83.5 Å². The molecule has 1 rings (SSSR count). The Morgan fingerprint density at radius 3 is 2.58 bits per heavy atom. The maximum absolute atomic E-state index is 6.01. The predicted molar refractivity (Wildman–Crippen MR) is 54.8 cm³/mol. The van der Waals surface area contributed by atoms with Crippen LogP contribution in [0.5, 0.6) is 0 Å². The van der Waals surface area contributed by atoms with Crippen molar-refractivity contribution >= 4 is 23.2 Å². The van der Waals surface area contributed by atoms with E-state index in [2.05, 4.69) is 13.8 Å². The van der Waals surface area contributed by atoms with Crippen LogP contribution in [0, 0.1) is 5.92 Å². The minimum Gasteiger partial charge on any atom is -0.0827 e. The summed E-state index contributed by atoms with van der Waals surface area (Å²) >= 11 is 11.9. The molecule has 0 nitrogen and oxygen atoms in total. The number of hydrogen-bond acceptors (Lipinski definition) is 0. The van der Waals surface area contributed by atoms with E-state index >= 15 is 0 Å². The Morgan fingerprint density at radius 1 is 1.33 bits per heavy atom. The minimum atomic E-state index is 0.627. The Kier molecular flexibility index (Phi) is 3.42. The molecule has 0 aliphatic rings. The molecule has 12 heavy (non-hydrogen) atoms. The lowest BCUT2D eigenvalue weighted by atomic mass is 9.99. The van der Waals surface area contributed by atoms with Gasteiger partial charge in [0, 0.05) is 5.92 Å². The molecule has 0 atom stereocenters. The van der Waals surface area contributed by atoms with Crippen LogP contribution < -0.4 is 0 Å². The van der Waals surface area contributed by atoms with Gasteiger partial charge in [0.2, 0.25) is 0 Å². The topological polar surface area (TPSA) is 0 Å². The zero-order valence-corrected chi connectivity index (χ0v) is 8.71. The van der Waals surface area contributed by atoms with E-state index in [9.17, 15) is 0 Å². The van der Waals surface area contributed by atoms with Crippen molar-refractivity contribution < 1.29 is 0 Å². The highest BCUT2D eigenvalue weighted by Crippen LogP contribution is 2.31. The van der Waals surface area contributed by atoms with Crippen molar-refractivity contribution in [3.63, 3.8) is 0 Å². The molecule has 0 fully saturated rings. The van der Waals surface area contributed by atoms with Crippen molar-refractivity contribution in [1.82, 2.24) is 0 Å². The Morgan fingerprint density at radius 2 is 2.00 bits per heavy atom. The monoisotopic (exact) mass is 201 g/mol. The van der Waals surface area contributed by atoms with Gasteiger partial charge in [-0.15, -0.1) is 0 Å². The summed E-state index contributed by atoms with van der Waals surface area (Å²) in [5.74, 6) is 1.27. The third kappa shape index (κ3) is 1.94. The molecule has 1 aromatic rings. The number of halogens is 2. The molecule has 0 heterocycles. The second-order valence-corrected chi connectivity index (χ2v) is 3.52. The fourth-order valence-corrected chi connectivity index (χ4v) is 1.49. The molecule has 0 unspecified atom stereocenters. The lowest BCUT2D eigenvalue weighted by Crippen LogP contribution is -1.93. The lowest BCUT2D eigenvalue weighted by molar-refractivity contribution is 0.958. The first-order chi connectivity index (χ1) is 5.66. The molecule has 1 aromatic carbocycles. The van der Waals surface area contributed by atoms with Gasteiger partial charge in [-0.2, -0.15) is 0 Å². The molecule has 0 aliphatic carbocycles. The van der Waals surface area contributed by atoms with Gasteiger partial charge >= 0.3 is 0 Å². The van der Waals surface area contributed by atoms with Gasteiger partial charge in [0.15, 0.2) is 0 Å². The maximum Gasteiger partial charge on any atom is 0.0630 e. The summed E-state index contributed by atoms with van der Waals surface area (Å²) in [4.78, 5) is 0. The van der Waals surface area contributed by atoms with Crippen molar-refractivity contribution in [3.8, 4) is 0 Å². The van der Waals surface area contributed by atoms with Gasteiger partial charge in [-0.1, -0.05) is 49.2 Å². The van der Waals surface area contributed by atoms with Gasteiger partial charge in [-0.05, 0) is 18.1 Å². The third-order valence-electron chi connectivity index (χ3n) is 1.94. The highest BCUT2D eigenvalue weighted by molar-refractivity contribution is 6.42. The molecule has 0 bridgehead atoms. The Bertz CT molecular complexity index is 269. The van der Waals surface area contributed by atoms with E-state index in [-0.39, 0.29) is 0 Å². The van der Waals surface area contributed by atoms with Crippen molar-refractivity contribution in [1.29, 1.82) is 0 Å². The zero-order valence-electron chi connectivity index (χ0n) is 7.20. The summed E-state index contributed by atoms with van der Waals surface area (Å²) in [5, 5.41) is 1.29. The SMILES string of the molecule is CC[C](C)c1cccc(Cl)c1Cl. The van der Waals surface area contributed by atoms with Crippen molar-refractivity contribution in [2.75, 3.05) is 0 Å². The van der Waals surface area contributed by atoms with Crippen LogP contribution in [0.4, 0.5) is 0 Å². The first-order valence-electron chi connectivity index (χ1n) is 3.93. The van der Waals surface area contributed by atoms with Crippen LogP contribution in [0.15, 0.2) is 18.2 Å². The average molecular weight is 202 g/mol. The molecule has 0 aromatic heterocycles. The molecule has 0 spiro atoms. The van der Waals surface area contributed by atoms with Gasteiger partial charge in [0.1, 0.15) is 0 Å². The number of rotatable bonds is 2. The second-order valence-electron chi connectivity index (χ2n) is 2.74. The van der Waals surface area contributed by atoms with Gasteiger partial charge in [0.05, 0.1) is 10.0 Å². The summed E-state index contributed by atoms with van der Waals surface area (Å²) in [7, 11) is 0. The Hall–Kier alpha value is -0.200. The molecule has 65 valence electrons. The number of benzene rings is 1. The fourth-order valence-electron chi connectivity index (χ4n) is 1.02. The summed E-state index contributed by atoms with van der Waals surface area (Å²) in [5.41, 5.74) is 1.06. The molecule has 1 radical (unpaired) electrons. The first kappa shape index (κ1) is 9.88. The van der Waals surface area contributed by atoms with Gasteiger partial charge < -0.3 is 0 Å². The zero-order chi connectivity index (χ0) is 9.14. The quantitative estimate of drug-likeness (QED) is 0.668. The van der Waals surface area contributed by atoms with E-state index in [4.69, 9.17) is 23.2 Å². The van der Waals surface area contributed by atoms with Crippen LogP contribution in [0.1, 0.15) is 25.8 Å². The predicted octanol–water partition coefficient (Wildman–Crippen LogP) is 4.35. The fraction of sp³-hybridized carbons (Fsp3) is 0.300. The van der Waals surface area contributed by atoms with E-state index in [0.717, 1.165) is 12.0 Å². The van der Waals surface area contributed by atoms with Gasteiger partial charge in [-0.3, -0.25) is 0 Å². The van der Waals surface area contributed by atoms with Crippen LogP contribution in [0.25, 0.3) is 0 Å². The molecule has 2 heteroatoms. The average Bonchev–Trinajstić information content (AvgIpc) is 2.08. The molecule has 0 aliphatic heterocycles.